The van der Waals surface area contributed by atoms with Crippen LogP contribution >= 0.6 is 0 Å². The number of pyridine rings is 1. The minimum atomic E-state index is -1.08. The number of aromatic amines is 2. The molecule has 0 unspecified atom stereocenters. The smallest absolute Gasteiger partial charge is 0.273 e. The summed E-state index contributed by atoms with van der Waals surface area (Å²) in [6, 6.07) is 0.395. The average Bonchev–Trinajstić information content (AvgIpc) is 2.93. The number of nitrogen functional groups attached to an aromatic ring is 1. The number of hydrogen-bond acceptors (Lipinski definition) is 6. The third-order valence-electron chi connectivity index (χ3n) is 3.77. The molecule has 3 rings (SSSR count). The molecule has 1 saturated heterocycles. The van der Waals surface area contributed by atoms with Crippen LogP contribution in [0.15, 0.2) is 17.1 Å². The molecule has 8 N–H and O–H groups in total. The van der Waals surface area contributed by atoms with Gasteiger partial charge in [-0.15, -0.1) is 0 Å². The zero-order chi connectivity index (χ0) is 14.4. The fraction of sp³-hybridized carbons (Fsp3) is 0.417. The van der Waals surface area contributed by atoms with Gasteiger partial charge in [-0.05, 0) is 11.6 Å². The molecule has 2 aromatic heterocycles. The maximum Gasteiger partial charge on any atom is 0.273 e. The number of rotatable bonds is 2. The van der Waals surface area contributed by atoms with E-state index in [0.29, 0.717) is 16.5 Å². The zero-order valence-corrected chi connectivity index (χ0v) is 10.5. The number of H-pyrrole nitrogens is 2. The summed E-state index contributed by atoms with van der Waals surface area (Å²) in [5.74, 6) is 0.218. The van der Waals surface area contributed by atoms with Crippen molar-refractivity contribution in [3.63, 3.8) is 0 Å². The first-order valence-electron chi connectivity index (χ1n) is 6.25. The second kappa shape index (κ2) is 4.60. The highest BCUT2D eigenvalue weighted by Crippen LogP contribution is 2.31. The highest BCUT2D eigenvalue weighted by atomic mass is 16.3. The van der Waals surface area contributed by atoms with Gasteiger partial charge in [0.2, 0.25) is 0 Å². The molecule has 0 spiro atoms. The van der Waals surface area contributed by atoms with Crippen LogP contribution in [0.1, 0.15) is 11.6 Å². The van der Waals surface area contributed by atoms with E-state index in [0.717, 1.165) is 0 Å². The molecule has 108 valence electrons. The Hall–Kier alpha value is -1.87. The van der Waals surface area contributed by atoms with E-state index in [9.17, 15) is 15.0 Å². The monoisotopic (exact) mass is 280 g/mol. The fourth-order valence-electron chi connectivity index (χ4n) is 2.73. The number of aromatic nitrogens is 2. The number of aliphatic hydroxyl groups excluding tert-OH is 3. The van der Waals surface area contributed by atoms with Crippen LogP contribution in [0.3, 0.4) is 0 Å². The largest absolute Gasteiger partial charge is 0.395 e. The lowest BCUT2D eigenvalue weighted by Gasteiger charge is -2.15. The summed E-state index contributed by atoms with van der Waals surface area (Å²) in [6.07, 6.45) is -0.562. The third-order valence-corrected chi connectivity index (χ3v) is 3.77. The first-order valence-corrected chi connectivity index (χ1v) is 6.25. The summed E-state index contributed by atoms with van der Waals surface area (Å²) in [7, 11) is 0. The van der Waals surface area contributed by atoms with E-state index in [1.54, 1.807) is 12.3 Å². The van der Waals surface area contributed by atoms with Gasteiger partial charge in [0.25, 0.3) is 5.56 Å². The molecule has 0 amide bonds. The van der Waals surface area contributed by atoms with E-state index >= 15 is 0 Å². The van der Waals surface area contributed by atoms with Gasteiger partial charge in [-0.3, -0.25) is 4.79 Å². The van der Waals surface area contributed by atoms with Gasteiger partial charge >= 0.3 is 0 Å². The summed E-state index contributed by atoms with van der Waals surface area (Å²) in [5.41, 5.74) is 6.25. The molecule has 0 saturated carbocycles. The molecule has 4 atom stereocenters. The summed E-state index contributed by atoms with van der Waals surface area (Å²) in [4.78, 5) is 17.1. The quantitative estimate of drug-likeness (QED) is 0.344. The lowest BCUT2D eigenvalue weighted by Crippen LogP contribution is -2.35. The number of fused-ring (bicyclic) bond motifs is 1. The van der Waals surface area contributed by atoms with Crippen molar-refractivity contribution in [3.05, 3.63) is 28.2 Å². The van der Waals surface area contributed by atoms with Crippen molar-refractivity contribution in [3.8, 4) is 0 Å². The molecule has 3 heterocycles. The van der Waals surface area contributed by atoms with Gasteiger partial charge in [0, 0.05) is 11.6 Å². The van der Waals surface area contributed by atoms with E-state index in [-0.39, 0.29) is 18.0 Å². The molecule has 0 aliphatic carbocycles. The van der Waals surface area contributed by atoms with E-state index in [1.165, 1.54) is 0 Å². The molecular weight excluding hydrogens is 264 g/mol. The van der Waals surface area contributed by atoms with Crippen molar-refractivity contribution < 1.29 is 15.3 Å². The van der Waals surface area contributed by atoms with Crippen molar-refractivity contribution in [2.45, 2.75) is 24.3 Å². The Morgan fingerprint density at radius 2 is 2.05 bits per heavy atom. The van der Waals surface area contributed by atoms with E-state index in [4.69, 9.17) is 10.8 Å². The van der Waals surface area contributed by atoms with Crippen LogP contribution in [0.2, 0.25) is 0 Å². The van der Waals surface area contributed by atoms with Crippen LogP contribution in [0, 0.1) is 0 Å². The Morgan fingerprint density at radius 3 is 2.70 bits per heavy atom. The first-order chi connectivity index (χ1) is 9.52. The lowest BCUT2D eigenvalue weighted by atomic mass is 10.0. The normalized spacial score (nSPS) is 30.1. The van der Waals surface area contributed by atoms with E-state index in [2.05, 4.69) is 15.3 Å². The van der Waals surface area contributed by atoms with Gasteiger partial charge < -0.3 is 36.3 Å². The highest BCUT2D eigenvalue weighted by molar-refractivity contribution is 5.85. The van der Waals surface area contributed by atoms with Crippen LogP contribution < -0.4 is 16.6 Å². The van der Waals surface area contributed by atoms with Crippen LogP contribution in [-0.4, -0.2) is 50.1 Å². The highest BCUT2D eigenvalue weighted by Gasteiger charge is 2.42. The van der Waals surface area contributed by atoms with Crippen molar-refractivity contribution in [2.75, 3.05) is 12.3 Å². The molecule has 2 aromatic rings. The second-order valence-electron chi connectivity index (χ2n) is 5.00. The maximum atomic E-state index is 11.8. The number of nitrogens with one attached hydrogen (secondary N) is 3. The molecular formula is C12H16N4O4. The van der Waals surface area contributed by atoms with Gasteiger partial charge in [-0.25, -0.2) is 0 Å². The molecule has 8 heteroatoms. The minimum Gasteiger partial charge on any atom is -0.395 e. The van der Waals surface area contributed by atoms with E-state index in [1.807, 2.05) is 0 Å². The minimum absolute atomic E-state index is 0.218. The van der Waals surface area contributed by atoms with E-state index < -0.39 is 24.3 Å². The maximum absolute atomic E-state index is 11.8. The average molecular weight is 280 g/mol. The second-order valence-corrected chi connectivity index (χ2v) is 5.00. The van der Waals surface area contributed by atoms with Crippen molar-refractivity contribution >= 4 is 16.7 Å². The molecule has 1 aliphatic rings. The fourth-order valence-corrected chi connectivity index (χ4v) is 2.73. The molecule has 0 bridgehead atoms. The van der Waals surface area contributed by atoms with Crippen LogP contribution in [0.4, 0.5) is 5.82 Å². The third kappa shape index (κ3) is 1.81. The lowest BCUT2D eigenvalue weighted by molar-refractivity contribution is 0.0196. The Kier molecular flexibility index (Phi) is 3.02. The Labute approximate surface area is 113 Å². The van der Waals surface area contributed by atoms with Gasteiger partial charge in [0.1, 0.15) is 17.4 Å². The molecule has 20 heavy (non-hydrogen) atoms. The Balaban J connectivity index is 2.09. The summed E-state index contributed by atoms with van der Waals surface area (Å²) in [5, 5.41) is 32.6. The number of aliphatic hydroxyl groups is 3. The van der Waals surface area contributed by atoms with Gasteiger partial charge in [0.05, 0.1) is 24.8 Å². The van der Waals surface area contributed by atoms with Crippen molar-refractivity contribution in [2.24, 2.45) is 0 Å². The molecule has 0 aromatic carbocycles. The number of nitrogens with two attached hydrogens (primary N) is 1. The molecule has 8 nitrogen and oxygen atoms in total. The number of hydrogen-bond donors (Lipinski definition) is 7. The zero-order valence-electron chi connectivity index (χ0n) is 10.5. The van der Waals surface area contributed by atoms with Crippen LogP contribution in [0.25, 0.3) is 10.9 Å². The molecule has 1 aliphatic heterocycles. The van der Waals surface area contributed by atoms with Gasteiger partial charge in [0.15, 0.2) is 0 Å². The predicted octanol–water partition coefficient (Wildman–Crippen LogP) is -1.83. The Bertz CT molecular complexity index is 694. The summed E-state index contributed by atoms with van der Waals surface area (Å²) >= 11 is 0. The van der Waals surface area contributed by atoms with Gasteiger partial charge in [-0.2, -0.15) is 0 Å². The van der Waals surface area contributed by atoms with Crippen LogP contribution in [0.5, 0.6) is 0 Å². The SMILES string of the molecule is Nc1cc2c([C@@H]3N[C@H](CO)[C@@H](O)[C@H]3O)c[nH]c2c(=O)[nH]1. The van der Waals surface area contributed by atoms with Crippen molar-refractivity contribution in [1.82, 2.24) is 15.3 Å². The molecule has 0 radical (unpaired) electrons. The van der Waals surface area contributed by atoms with Gasteiger partial charge in [-0.1, -0.05) is 0 Å². The summed E-state index contributed by atoms with van der Waals surface area (Å²) < 4.78 is 0. The topological polar surface area (TPSA) is 147 Å². The standard InChI is InChI=1S/C12H16N4O4/c13-7-1-4-5(2-14-9(4)12(20)16-7)8-11(19)10(18)6(3-17)15-8/h1-2,6,8,10-11,14-15,17-19H,3H2,(H3,13,16,20)/t6-,8+,10-,11+/m1/s1. The van der Waals surface area contributed by atoms with Crippen molar-refractivity contribution in [1.29, 1.82) is 0 Å². The predicted molar refractivity (Wildman–Crippen MR) is 72.1 cm³/mol. The Morgan fingerprint density at radius 1 is 1.30 bits per heavy atom. The number of anilines is 1. The van der Waals surface area contributed by atoms with Crippen LogP contribution in [-0.2, 0) is 0 Å². The molecule has 1 fully saturated rings. The summed E-state index contributed by atoms with van der Waals surface area (Å²) in [6.45, 7) is -0.292. The first kappa shape index (κ1) is 13.1.